The third-order valence-electron chi connectivity index (χ3n) is 1.72. The Hall–Kier alpha value is -0.600. The molecular weight excluding hydrogens is 191 g/mol. The molecule has 0 saturated heterocycles. The first-order valence-corrected chi connectivity index (χ1v) is 4.29. The molecule has 1 nitrogen and oxygen atoms in total. The van der Waals surface area contributed by atoms with E-state index in [0.29, 0.717) is 11.6 Å². The van der Waals surface area contributed by atoms with Crippen molar-refractivity contribution in [1.82, 2.24) is 0 Å². The van der Waals surface area contributed by atoms with Crippen LogP contribution in [0.2, 0.25) is 5.02 Å². The second-order valence-electron chi connectivity index (χ2n) is 2.86. The fourth-order valence-corrected chi connectivity index (χ4v) is 1.34. The Bertz CT molecular complexity index is 268. The predicted molar refractivity (Wildman–Crippen MR) is 51.4 cm³/mol. The molecule has 0 bridgehead atoms. The average Bonchev–Trinajstić information content (AvgIpc) is 2.03. The van der Waals surface area contributed by atoms with Crippen LogP contribution in [0.5, 0.6) is 0 Å². The summed E-state index contributed by atoms with van der Waals surface area (Å²) in [7, 11) is 1.58. The molecule has 1 radical (unpaired) electrons. The van der Waals surface area contributed by atoms with Crippen molar-refractivity contribution in [2.24, 2.45) is 0 Å². The summed E-state index contributed by atoms with van der Waals surface area (Å²) in [5, 5.41) is 0.389. The Labute approximate surface area is 82.5 Å². The van der Waals surface area contributed by atoms with Gasteiger partial charge in [-0.05, 0) is 30.7 Å². The second-order valence-corrected chi connectivity index (χ2v) is 3.29. The van der Waals surface area contributed by atoms with Gasteiger partial charge in [-0.25, -0.2) is 4.39 Å². The highest BCUT2D eigenvalue weighted by Crippen LogP contribution is 2.20. The largest absolute Gasteiger partial charge is 0.384 e. The highest BCUT2D eigenvalue weighted by molar-refractivity contribution is 6.30. The van der Waals surface area contributed by atoms with Crippen LogP contribution in [-0.4, -0.2) is 13.7 Å². The molecular formula is C10H11ClFO. The van der Waals surface area contributed by atoms with Crippen LogP contribution < -0.4 is 0 Å². The lowest BCUT2D eigenvalue weighted by Crippen LogP contribution is -2.02. The standard InChI is InChI=1S/C10H11ClFO/c1-7(6-13-2)8-3-9(11)5-10(12)4-8/h3-5,7H,1,6H2,2H3. The van der Waals surface area contributed by atoms with Gasteiger partial charge in [0.2, 0.25) is 0 Å². The van der Waals surface area contributed by atoms with Gasteiger partial charge < -0.3 is 4.74 Å². The zero-order valence-electron chi connectivity index (χ0n) is 7.39. The van der Waals surface area contributed by atoms with Gasteiger partial charge in [0.25, 0.3) is 0 Å². The molecule has 1 atom stereocenters. The van der Waals surface area contributed by atoms with Crippen LogP contribution >= 0.6 is 11.6 Å². The maximum Gasteiger partial charge on any atom is 0.124 e. The van der Waals surface area contributed by atoms with Gasteiger partial charge in [-0.2, -0.15) is 0 Å². The monoisotopic (exact) mass is 201 g/mol. The lowest BCUT2D eigenvalue weighted by atomic mass is 10.0. The highest BCUT2D eigenvalue weighted by atomic mass is 35.5. The van der Waals surface area contributed by atoms with E-state index in [1.165, 1.54) is 12.1 Å². The van der Waals surface area contributed by atoms with Crippen molar-refractivity contribution >= 4 is 11.6 Å². The van der Waals surface area contributed by atoms with Crippen LogP contribution in [0.15, 0.2) is 18.2 Å². The van der Waals surface area contributed by atoms with Crippen LogP contribution in [0.3, 0.4) is 0 Å². The molecule has 0 fully saturated rings. The Morgan fingerprint density at radius 2 is 2.23 bits per heavy atom. The number of benzene rings is 1. The molecule has 3 heteroatoms. The minimum Gasteiger partial charge on any atom is -0.384 e. The van der Waals surface area contributed by atoms with Crippen molar-refractivity contribution in [3.63, 3.8) is 0 Å². The average molecular weight is 202 g/mol. The van der Waals surface area contributed by atoms with E-state index in [9.17, 15) is 4.39 Å². The predicted octanol–water partition coefficient (Wildman–Crippen LogP) is 3.04. The Kier molecular flexibility index (Phi) is 3.70. The lowest BCUT2D eigenvalue weighted by Gasteiger charge is -2.10. The molecule has 0 aliphatic carbocycles. The van der Waals surface area contributed by atoms with Crippen molar-refractivity contribution in [1.29, 1.82) is 0 Å². The Morgan fingerprint density at radius 1 is 1.54 bits per heavy atom. The fourth-order valence-electron chi connectivity index (χ4n) is 1.11. The van der Waals surface area contributed by atoms with Gasteiger partial charge >= 0.3 is 0 Å². The molecule has 71 valence electrons. The first-order chi connectivity index (χ1) is 6.13. The van der Waals surface area contributed by atoms with Crippen LogP contribution in [0.25, 0.3) is 0 Å². The third kappa shape index (κ3) is 2.98. The summed E-state index contributed by atoms with van der Waals surface area (Å²) < 4.78 is 17.8. The molecule has 0 aliphatic heterocycles. The minimum absolute atomic E-state index is 0.0850. The third-order valence-corrected chi connectivity index (χ3v) is 1.94. The number of methoxy groups -OCH3 is 1. The lowest BCUT2D eigenvalue weighted by molar-refractivity contribution is 0.190. The molecule has 0 heterocycles. The van der Waals surface area contributed by atoms with Gasteiger partial charge in [-0.1, -0.05) is 11.6 Å². The molecule has 0 saturated carbocycles. The molecule has 0 aliphatic rings. The molecule has 13 heavy (non-hydrogen) atoms. The number of rotatable bonds is 3. The van der Waals surface area contributed by atoms with E-state index in [1.807, 2.05) is 0 Å². The minimum atomic E-state index is -0.341. The Morgan fingerprint density at radius 3 is 2.77 bits per heavy atom. The second kappa shape index (κ2) is 4.58. The zero-order valence-corrected chi connectivity index (χ0v) is 8.14. The molecule has 0 spiro atoms. The van der Waals surface area contributed by atoms with E-state index >= 15 is 0 Å². The Balaban J connectivity index is 2.87. The summed E-state index contributed by atoms with van der Waals surface area (Å²) in [6, 6.07) is 4.38. The van der Waals surface area contributed by atoms with Crippen molar-refractivity contribution < 1.29 is 9.13 Å². The maximum atomic E-state index is 12.9. The van der Waals surface area contributed by atoms with Crippen LogP contribution in [0.1, 0.15) is 11.5 Å². The maximum absolute atomic E-state index is 12.9. The summed E-state index contributed by atoms with van der Waals surface area (Å²) >= 11 is 5.69. The van der Waals surface area contributed by atoms with E-state index in [4.69, 9.17) is 16.3 Å². The van der Waals surface area contributed by atoms with Gasteiger partial charge in [0.1, 0.15) is 5.82 Å². The molecule has 1 aromatic rings. The van der Waals surface area contributed by atoms with Crippen molar-refractivity contribution in [3.05, 3.63) is 41.5 Å². The summed E-state index contributed by atoms with van der Waals surface area (Å²) in [4.78, 5) is 0. The summed E-state index contributed by atoms with van der Waals surface area (Å²) in [5.74, 6) is -0.426. The molecule has 1 rings (SSSR count). The fraction of sp³-hybridized carbons (Fsp3) is 0.300. The smallest absolute Gasteiger partial charge is 0.124 e. The SMILES string of the molecule is [CH2]C(COC)c1cc(F)cc(Cl)c1. The molecule has 0 amide bonds. The van der Waals surface area contributed by atoms with E-state index in [1.54, 1.807) is 13.2 Å². The van der Waals surface area contributed by atoms with E-state index in [-0.39, 0.29) is 11.7 Å². The number of hydrogen-bond acceptors (Lipinski definition) is 1. The van der Waals surface area contributed by atoms with Gasteiger partial charge in [0.05, 0.1) is 6.61 Å². The number of halogens is 2. The summed E-state index contributed by atoms with van der Waals surface area (Å²) in [5.41, 5.74) is 0.756. The molecule has 0 aromatic heterocycles. The molecule has 1 aromatic carbocycles. The van der Waals surface area contributed by atoms with E-state index in [2.05, 4.69) is 6.92 Å². The van der Waals surface area contributed by atoms with E-state index in [0.717, 1.165) is 5.56 Å². The van der Waals surface area contributed by atoms with Crippen LogP contribution in [-0.2, 0) is 4.74 Å². The summed E-state index contributed by atoms with van der Waals surface area (Å²) in [6.07, 6.45) is 0. The van der Waals surface area contributed by atoms with Gasteiger partial charge in [0.15, 0.2) is 0 Å². The number of hydrogen-bond donors (Lipinski definition) is 0. The van der Waals surface area contributed by atoms with Gasteiger partial charge in [-0.15, -0.1) is 0 Å². The zero-order chi connectivity index (χ0) is 9.84. The first kappa shape index (κ1) is 10.5. The quantitative estimate of drug-likeness (QED) is 0.731. The first-order valence-electron chi connectivity index (χ1n) is 3.91. The summed E-state index contributed by atoms with van der Waals surface area (Å²) in [6.45, 7) is 4.29. The van der Waals surface area contributed by atoms with Gasteiger partial charge in [-0.3, -0.25) is 0 Å². The van der Waals surface area contributed by atoms with Crippen molar-refractivity contribution in [3.8, 4) is 0 Å². The van der Waals surface area contributed by atoms with Crippen LogP contribution in [0.4, 0.5) is 4.39 Å². The molecule has 0 N–H and O–H groups in total. The topological polar surface area (TPSA) is 9.23 Å². The number of ether oxygens (including phenoxy) is 1. The normalized spacial score (nSPS) is 12.9. The van der Waals surface area contributed by atoms with Crippen LogP contribution in [0, 0.1) is 12.7 Å². The van der Waals surface area contributed by atoms with Crippen molar-refractivity contribution in [2.45, 2.75) is 5.92 Å². The van der Waals surface area contributed by atoms with Gasteiger partial charge in [0, 0.05) is 18.1 Å². The van der Waals surface area contributed by atoms with E-state index < -0.39 is 0 Å². The highest BCUT2D eigenvalue weighted by Gasteiger charge is 2.07. The molecule has 1 unspecified atom stereocenters. The van der Waals surface area contributed by atoms with Crippen molar-refractivity contribution in [2.75, 3.05) is 13.7 Å².